The van der Waals surface area contributed by atoms with Gasteiger partial charge in [-0.15, -0.1) is 0 Å². The lowest BCUT2D eigenvalue weighted by Crippen LogP contribution is -1.99. The minimum absolute atomic E-state index is 0.0424. The molecule has 0 aliphatic carbocycles. The summed E-state index contributed by atoms with van der Waals surface area (Å²) in [6.07, 6.45) is 3.57. The zero-order valence-corrected chi connectivity index (χ0v) is 8.53. The Bertz CT molecular complexity index is 511. The highest BCUT2D eigenvalue weighted by Crippen LogP contribution is 2.13. The average Bonchev–Trinajstić information content (AvgIpc) is 2.48. The number of carbonyl (C=O) groups excluding carboxylic acids is 1. The van der Waals surface area contributed by atoms with Gasteiger partial charge in [0.1, 0.15) is 11.3 Å². The van der Waals surface area contributed by atoms with Crippen molar-refractivity contribution in [2.24, 2.45) is 0 Å². The number of carbonyl (C=O) groups is 1. The van der Waals surface area contributed by atoms with Crippen molar-refractivity contribution in [1.82, 2.24) is 9.38 Å². The summed E-state index contributed by atoms with van der Waals surface area (Å²) in [6, 6.07) is 1.99. The number of fused-ring (bicyclic) bond motifs is 1. The van der Waals surface area contributed by atoms with Crippen LogP contribution in [-0.4, -0.2) is 15.2 Å². The van der Waals surface area contributed by atoms with Crippen molar-refractivity contribution in [3.63, 3.8) is 0 Å². The number of pyridine rings is 1. The van der Waals surface area contributed by atoms with Crippen LogP contribution in [0.5, 0.6) is 0 Å². The van der Waals surface area contributed by atoms with Crippen molar-refractivity contribution < 1.29 is 4.79 Å². The van der Waals surface area contributed by atoms with Crippen LogP contribution in [0.15, 0.2) is 18.5 Å². The Morgan fingerprint density at radius 3 is 2.71 bits per heavy atom. The lowest BCUT2D eigenvalue weighted by molar-refractivity contribution is 0.101. The van der Waals surface area contributed by atoms with Crippen molar-refractivity contribution in [3.05, 3.63) is 35.3 Å². The first kappa shape index (κ1) is 8.94. The number of nitrogens with zero attached hydrogens (tertiary/aromatic N) is 2. The molecule has 0 spiro atoms. The van der Waals surface area contributed by atoms with Crippen LogP contribution in [0.2, 0.25) is 0 Å². The molecule has 2 aromatic rings. The Morgan fingerprint density at radius 1 is 1.36 bits per heavy atom. The van der Waals surface area contributed by atoms with Gasteiger partial charge in [0.2, 0.25) is 0 Å². The molecule has 3 nitrogen and oxygen atoms in total. The molecular formula is C11H12N2O. The van der Waals surface area contributed by atoms with Crippen molar-refractivity contribution >= 4 is 11.4 Å². The predicted octanol–water partition coefficient (Wildman–Crippen LogP) is 2.15. The first-order valence-corrected chi connectivity index (χ1v) is 4.55. The monoisotopic (exact) mass is 188 g/mol. The van der Waals surface area contributed by atoms with Gasteiger partial charge in [-0.25, -0.2) is 4.98 Å². The van der Waals surface area contributed by atoms with Crippen molar-refractivity contribution in [2.75, 3.05) is 0 Å². The predicted molar refractivity (Wildman–Crippen MR) is 54.7 cm³/mol. The largest absolute Gasteiger partial charge is 0.297 e. The van der Waals surface area contributed by atoms with Gasteiger partial charge >= 0.3 is 0 Å². The lowest BCUT2D eigenvalue weighted by atomic mass is 10.2. The van der Waals surface area contributed by atoms with Crippen LogP contribution in [0.25, 0.3) is 5.65 Å². The van der Waals surface area contributed by atoms with E-state index in [0.29, 0.717) is 5.69 Å². The molecule has 0 bridgehead atoms. The number of hydrogen-bond donors (Lipinski definition) is 0. The van der Waals surface area contributed by atoms with E-state index in [1.165, 1.54) is 5.56 Å². The topological polar surface area (TPSA) is 34.4 Å². The fraction of sp³-hybridized carbons (Fsp3) is 0.273. The van der Waals surface area contributed by atoms with Crippen molar-refractivity contribution in [2.45, 2.75) is 20.8 Å². The lowest BCUT2D eigenvalue weighted by Gasteiger charge is -2.02. The second-order valence-electron chi connectivity index (χ2n) is 3.57. The van der Waals surface area contributed by atoms with Gasteiger partial charge in [-0.05, 0) is 31.0 Å². The molecule has 0 N–H and O–H groups in total. The summed E-state index contributed by atoms with van der Waals surface area (Å²) in [5.41, 5.74) is 3.83. The first-order chi connectivity index (χ1) is 6.59. The van der Waals surface area contributed by atoms with Crippen LogP contribution in [0.4, 0.5) is 0 Å². The van der Waals surface area contributed by atoms with Gasteiger partial charge in [0.05, 0.1) is 6.20 Å². The van der Waals surface area contributed by atoms with Crippen LogP contribution >= 0.6 is 0 Å². The molecule has 0 radical (unpaired) electrons. The molecule has 3 heteroatoms. The minimum atomic E-state index is 0.0424. The highest BCUT2D eigenvalue weighted by Gasteiger charge is 2.07. The summed E-state index contributed by atoms with van der Waals surface area (Å²) in [4.78, 5) is 15.4. The van der Waals surface area contributed by atoms with Crippen molar-refractivity contribution in [3.8, 4) is 0 Å². The summed E-state index contributed by atoms with van der Waals surface area (Å²) in [5, 5.41) is 0. The van der Waals surface area contributed by atoms with E-state index in [1.807, 2.05) is 30.5 Å². The number of hydrogen-bond acceptors (Lipinski definition) is 2. The van der Waals surface area contributed by atoms with Gasteiger partial charge in [-0.2, -0.15) is 0 Å². The van der Waals surface area contributed by atoms with Crippen LogP contribution in [-0.2, 0) is 0 Å². The average molecular weight is 188 g/mol. The summed E-state index contributed by atoms with van der Waals surface area (Å²) in [7, 11) is 0. The molecule has 2 aromatic heterocycles. The highest BCUT2D eigenvalue weighted by molar-refractivity contribution is 5.93. The molecule has 0 atom stereocenters. The van der Waals surface area contributed by atoms with E-state index >= 15 is 0 Å². The number of ketones is 1. The number of imidazole rings is 1. The normalized spacial score (nSPS) is 10.8. The first-order valence-electron chi connectivity index (χ1n) is 4.55. The molecule has 0 amide bonds. The molecule has 14 heavy (non-hydrogen) atoms. The molecule has 0 fully saturated rings. The summed E-state index contributed by atoms with van der Waals surface area (Å²) in [5.74, 6) is 0.0424. The second-order valence-corrected chi connectivity index (χ2v) is 3.57. The van der Waals surface area contributed by atoms with E-state index in [9.17, 15) is 4.79 Å². The third kappa shape index (κ3) is 1.21. The molecule has 0 unspecified atom stereocenters. The van der Waals surface area contributed by atoms with Crippen LogP contribution < -0.4 is 0 Å². The molecule has 0 aliphatic heterocycles. The summed E-state index contributed by atoms with van der Waals surface area (Å²) >= 11 is 0. The summed E-state index contributed by atoms with van der Waals surface area (Å²) in [6.45, 7) is 5.62. The van der Waals surface area contributed by atoms with Crippen LogP contribution in [0.3, 0.4) is 0 Å². The fourth-order valence-electron chi connectivity index (χ4n) is 1.48. The Morgan fingerprint density at radius 2 is 2.07 bits per heavy atom. The zero-order chi connectivity index (χ0) is 10.3. The van der Waals surface area contributed by atoms with E-state index < -0.39 is 0 Å². The van der Waals surface area contributed by atoms with E-state index in [-0.39, 0.29) is 5.78 Å². The standard InChI is InChI=1S/C11H12N2O/c1-7-4-11-12-5-10(9(3)14)13(11)6-8(7)2/h4-6H,1-3H3. The van der Waals surface area contributed by atoms with Crippen molar-refractivity contribution in [1.29, 1.82) is 0 Å². The Labute approximate surface area is 82.4 Å². The van der Waals surface area contributed by atoms with Gasteiger partial charge in [-0.1, -0.05) is 0 Å². The van der Waals surface area contributed by atoms with Gasteiger partial charge in [-0.3, -0.25) is 9.20 Å². The van der Waals surface area contributed by atoms with E-state index in [1.54, 1.807) is 13.1 Å². The molecule has 2 rings (SSSR count). The third-order valence-corrected chi connectivity index (χ3v) is 2.48. The Hall–Kier alpha value is -1.64. The van der Waals surface area contributed by atoms with E-state index in [0.717, 1.165) is 11.2 Å². The van der Waals surface area contributed by atoms with Crippen LogP contribution in [0, 0.1) is 13.8 Å². The van der Waals surface area contributed by atoms with Crippen LogP contribution in [0.1, 0.15) is 28.5 Å². The maximum Gasteiger partial charge on any atom is 0.178 e. The van der Waals surface area contributed by atoms with E-state index in [4.69, 9.17) is 0 Å². The highest BCUT2D eigenvalue weighted by atomic mass is 16.1. The molecule has 0 saturated heterocycles. The quantitative estimate of drug-likeness (QED) is 0.642. The summed E-state index contributed by atoms with van der Waals surface area (Å²) < 4.78 is 1.84. The molecule has 2 heterocycles. The SMILES string of the molecule is CC(=O)c1cnc2cc(C)c(C)cn12. The second kappa shape index (κ2) is 2.94. The zero-order valence-electron chi connectivity index (χ0n) is 8.53. The molecule has 0 saturated carbocycles. The van der Waals surface area contributed by atoms with E-state index in [2.05, 4.69) is 4.98 Å². The molecule has 72 valence electrons. The molecular weight excluding hydrogens is 176 g/mol. The number of Topliss-reactive ketones (excluding diaryl/α,β-unsaturated/α-hetero) is 1. The van der Waals surface area contributed by atoms with Gasteiger partial charge < -0.3 is 0 Å². The number of aryl methyl sites for hydroxylation is 2. The maximum absolute atomic E-state index is 11.3. The molecule has 0 aliphatic rings. The third-order valence-electron chi connectivity index (χ3n) is 2.48. The number of rotatable bonds is 1. The smallest absolute Gasteiger partial charge is 0.178 e. The van der Waals surface area contributed by atoms with Gasteiger partial charge in [0, 0.05) is 13.1 Å². The Kier molecular flexibility index (Phi) is 1.88. The minimum Gasteiger partial charge on any atom is -0.297 e. The number of aromatic nitrogens is 2. The fourth-order valence-corrected chi connectivity index (χ4v) is 1.48. The van der Waals surface area contributed by atoms with Gasteiger partial charge in [0.25, 0.3) is 0 Å². The van der Waals surface area contributed by atoms with Gasteiger partial charge in [0.15, 0.2) is 5.78 Å². The maximum atomic E-state index is 11.3. The molecule has 0 aromatic carbocycles. The Balaban J connectivity index is 2.80.